The van der Waals surface area contributed by atoms with Gasteiger partial charge in [-0.05, 0) is 19.3 Å². The topological polar surface area (TPSA) is 69.4 Å². The van der Waals surface area contributed by atoms with Crippen molar-refractivity contribution in [1.82, 2.24) is 0 Å². The molecule has 1 heterocycles. The normalized spacial score (nSPS) is 15.8. The fraction of sp³-hybridized carbons (Fsp3) is 0.667. The van der Waals surface area contributed by atoms with Crippen molar-refractivity contribution in [2.24, 2.45) is 11.7 Å². The van der Waals surface area contributed by atoms with Gasteiger partial charge in [0, 0.05) is 18.2 Å². The van der Waals surface area contributed by atoms with Crippen molar-refractivity contribution in [2.75, 3.05) is 0 Å². The molecule has 0 aliphatic carbocycles. The number of carbonyl (C=O) groups excluding carboxylic acids is 2. The van der Waals surface area contributed by atoms with Crippen molar-refractivity contribution in [1.29, 1.82) is 0 Å². The van der Waals surface area contributed by atoms with Gasteiger partial charge in [0.25, 0.3) is 0 Å². The monoisotopic (exact) mass is 227 g/mol. The van der Waals surface area contributed by atoms with E-state index in [9.17, 15) is 9.59 Å². The number of esters is 2. The average molecular weight is 227 g/mol. The van der Waals surface area contributed by atoms with Crippen LogP contribution < -0.4 is 5.73 Å². The van der Waals surface area contributed by atoms with Crippen LogP contribution in [0.3, 0.4) is 0 Å². The average Bonchev–Trinajstić information content (AvgIpc) is 2.49. The van der Waals surface area contributed by atoms with Gasteiger partial charge in [-0.1, -0.05) is 26.7 Å². The van der Waals surface area contributed by atoms with Crippen molar-refractivity contribution in [3.8, 4) is 0 Å². The maximum absolute atomic E-state index is 9.92. The van der Waals surface area contributed by atoms with Crippen LogP contribution in [0.4, 0.5) is 0 Å². The van der Waals surface area contributed by atoms with Gasteiger partial charge in [0.15, 0.2) is 0 Å². The molecule has 0 aromatic rings. The van der Waals surface area contributed by atoms with Crippen molar-refractivity contribution < 1.29 is 14.3 Å². The summed E-state index contributed by atoms with van der Waals surface area (Å²) in [7, 11) is 0. The first-order valence-corrected chi connectivity index (χ1v) is 5.61. The molecule has 1 unspecified atom stereocenters. The van der Waals surface area contributed by atoms with E-state index < -0.39 is 11.9 Å². The second-order valence-electron chi connectivity index (χ2n) is 4.38. The fourth-order valence-electron chi connectivity index (χ4n) is 1.15. The molecule has 0 saturated heterocycles. The highest BCUT2D eigenvalue weighted by molar-refractivity contribution is 6.04. The number of cyclic esters (lactones) is 2. The van der Waals surface area contributed by atoms with Gasteiger partial charge in [0.2, 0.25) is 0 Å². The summed E-state index contributed by atoms with van der Waals surface area (Å²) in [5, 5.41) is 0. The van der Waals surface area contributed by atoms with Crippen molar-refractivity contribution in [3.63, 3.8) is 0 Å². The first-order chi connectivity index (χ1) is 7.41. The zero-order chi connectivity index (χ0) is 12.6. The van der Waals surface area contributed by atoms with Gasteiger partial charge in [-0.15, -0.1) is 0 Å². The number of hydrogen-bond acceptors (Lipinski definition) is 4. The number of rotatable bonds is 4. The van der Waals surface area contributed by atoms with Gasteiger partial charge in [-0.25, -0.2) is 9.59 Å². The summed E-state index contributed by atoms with van der Waals surface area (Å²) in [4.78, 5) is 19.8. The molecule has 1 aliphatic heterocycles. The first kappa shape index (κ1) is 14.8. The summed E-state index contributed by atoms with van der Waals surface area (Å²) in [6.07, 6.45) is 5.96. The molecule has 1 atom stereocenters. The van der Waals surface area contributed by atoms with Crippen LogP contribution in [0, 0.1) is 5.92 Å². The Bertz CT molecular complexity index is 233. The quantitative estimate of drug-likeness (QED) is 0.587. The lowest BCUT2D eigenvalue weighted by molar-refractivity contribution is -0.150. The second kappa shape index (κ2) is 8.05. The highest BCUT2D eigenvalue weighted by atomic mass is 16.6. The summed E-state index contributed by atoms with van der Waals surface area (Å²) in [5.74, 6) is -0.321. The minimum Gasteiger partial charge on any atom is -0.387 e. The van der Waals surface area contributed by atoms with Gasteiger partial charge in [0.05, 0.1) is 0 Å². The van der Waals surface area contributed by atoms with E-state index >= 15 is 0 Å². The lowest BCUT2D eigenvalue weighted by Crippen LogP contribution is -2.14. The molecular weight excluding hydrogens is 206 g/mol. The summed E-state index contributed by atoms with van der Waals surface area (Å²) >= 11 is 0. The highest BCUT2D eigenvalue weighted by Crippen LogP contribution is 2.06. The maximum Gasteiger partial charge on any atom is 0.338 e. The molecule has 0 radical (unpaired) electrons. The highest BCUT2D eigenvalue weighted by Gasteiger charge is 2.10. The zero-order valence-electron chi connectivity index (χ0n) is 10.2. The first-order valence-electron chi connectivity index (χ1n) is 5.61. The summed E-state index contributed by atoms with van der Waals surface area (Å²) in [6.45, 7) is 6.57. The summed E-state index contributed by atoms with van der Waals surface area (Å²) < 4.78 is 3.97. The van der Waals surface area contributed by atoms with Crippen LogP contribution in [0.25, 0.3) is 0 Å². The molecule has 0 aromatic heterocycles. The van der Waals surface area contributed by atoms with E-state index in [1.54, 1.807) is 0 Å². The zero-order valence-corrected chi connectivity index (χ0v) is 10.2. The third-order valence-electron chi connectivity index (χ3n) is 2.00. The van der Waals surface area contributed by atoms with E-state index in [1.807, 2.05) is 0 Å². The molecular formula is C12H21NO3. The van der Waals surface area contributed by atoms with E-state index in [4.69, 9.17) is 5.73 Å². The molecule has 4 nitrogen and oxygen atoms in total. The van der Waals surface area contributed by atoms with E-state index in [0.29, 0.717) is 6.04 Å². The van der Waals surface area contributed by atoms with Crippen LogP contribution in [0.2, 0.25) is 0 Å². The van der Waals surface area contributed by atoms with Crippen molar-refractivity contribution in [3.05, 3.63) is 12.2 Å². The molecule has 0 fully saturated rings. The Morgan fingerprint density at radius 3 is 1.88 bits per heavy atom. The molecule has 0 saturated carbocycles. The van der Waals surface area contributed by atoms with Gasteiger partial charge < -0.3 is 10.5 Å². The Labute approximate surface area is 96.8 Å². The van der Waals surface area contributed by atoms with Crippen molar-refractivity contribution >= 4 is 11.9 Å². The molecule has 0 spiro atoms. The lowest BCUT2D eigenvalue weighted by atomic mass is 10.0. The minimum atomic E-state index is -0.579. The molecule has 0 bridgehead atoms. The molecule has 92 valence electrons. The van der Waals surface area contributed by atoms with Gasteiger partial charge in [0.1, 0.15) is 0 Å². The van der Waals surface area contributed by atoms with Crippen LogP contribution >= 0.6 is 0 Å². The number of nitrogens with two attached hydrogens (primary N) is 1. The smallest absolute Gasteiger partial charge is 0.338 e. The SMILES string of the molecule is CC(C)CCCC(C)N.O=C1C=CC(=O)O1. The van der Waals surface area contributed by atoms with E-state index in [-0.39, 0.29) is 0 Å². The van der Waals surface area contributed by atoms with Gasteiger partial charge in [-0.3, -0.25) is 0 Å². The van der Waals surface area contributed by atoms with Crippen LogP contribution in [0.1, 0.15) is 40.0 Å². The van der Waals surface area contributed by atoms with Crippen LogP contribution in [0.5, 0.6) is 0 Å². The van der Waals surface area contributed by atoms with E-state index in [2.05, 4.69) is 25.5 Å². The predicted octanol–water partition coefficient (Wildman–Crippen LogP) is 1.79. The molecule has 16 heavy (non-hydrogen) atoms. The largest absolute Gasteiger partial charge is 0.387 e. The minimum absolute atomic E-state index is 0.392. The fourth-order valence-corrected chi connectivity index (χ4v) is 1.15. The lowest BCUT2D eigenvalue weighted by Gasteiger charge is -2.05. The Hall–Kier alpha value is -1.16. The molecule has 0 amide bonds. The molecule has 1 aliphatic rings. The third-order valence-corrected chi connectivity index (χ3v) is 2.00. The Kier molecular flexibility index (Phi) is 7.46. The van der Waals surface area contributed by atoms with E-state index in [1.165, 1.54) is 19.3 Å². The van der Waals surface area contributed by atoms with Crippen molar-refractivity contribution in [2.45, 2.75) is 46.1 Å². The van der Waals surface area contributed by atoms with Crippen LogP contribution in [-0.2, 0) is 14.3 Å². The predicted molar refractivity (Wildman–Crippen MR) is 62.6 cm³/mol. The van der Waals surface area contributed by atoms with Gasteiger partial charge in [-0.2, -0.15) is 0 Å². The Morgan fingerprint density at radius 2 is 1.62 bits per heavy atom. The second-order valence-corrected chi connectivity index (χ2v) is 4.38. The number of ether oxygens (including phenoxy) is 1. The maximum atomic E-state index is 9.92. The molecule has 0 aromatic carbocycles. The molecule has 4 heteroatoms. The third kappa shape index (κ3) is 9.40. The Morgan fingerprint density at radius 1 is 1.12 bits per heavy atom. The standard InChI is InChI=1S/C8H19N.C4H2O3/c1-7(2)5-4-6-8(3)9;5-3-1-2-4(6)7-3/h7-8H,4-6,9H2,1-3H3;1-2H. The molecule has 1 rings (SSSR count). The molecule has 2 N–H and O–H groups in total. The number of carbonyl (C=O) groups is 2. The van der Waals surface area contributed by atoms with Crippen LogP contribution in [0.15, 0.2) is 12.2 Å². The van der Waals surface area contributed by atoms with E-state index in [0.717, 1.165) is 18.1 Å². The Balaban J connectivity index is 0.000000288. The van der Waals surface area contributed by atoms with Gasteiger partial charge >= 0.3 is 11.9 Å². The van der Waals surface area contributed by atoms with Crippen LogP contribution in [-0.4, -0.2) is 18.0 Å². The number of hydrogen-bond donors (Lipinski definition) is 1. The summed E-state index contributed by atoms with van der Waals surface area (Å²) in [5.41, 5.74) is 5.58. The summed E-state index contributed by atoms with van der Waals surface area (Å²) in [6, 6.07) is 0.392.